The summed E-state index contributed by atoms with van der Waals surface area (Å²) in [6, 6.07) is 13.4. The topological polar surface area (TPSA) is 27.7 Å². The molecule has 0 atom stereocenters. The normalized spacial score (nSPS) is 12.5. The van der Waals surface area contributed by atoms with Crippen LogP contribution in [0.4, 0.5) is 39.5 Å². The van der Waals surface area contributed by atoms with Crippen molar-refractivity contribution in [2.24, 2.45) is 0 Å². The molecule has 0 bridgehead atoms. The minimum absolute atomic E-state index is 0.314. The number of halogens is 9. The van der Waals surface area contributed by atoms with Gasteiger partial charge in [0, 0.05) is 15.9 Å². The average Bonchev–Trinajstić information content (AvgIpc) is 2.68. The summed E-state index contributed by atoms with van der Waals surface area (Å²) in [6.07, 6.45) is -15.5. The van der Waals surface area contributed by atoms with Crippen LogP contribution in [0.15, 0.2) is 72.8 Å². The first-order valence-corrected chi connectivity index (χ1v) is 10.4. The van der Waals surface area contributed by atoms with E-state index in [0.29, 0.717) is 0 Å². The molecule has 0 heterocycles. The molecule has 3 nitrogen and oxygen atoms in total. The van der Waals surface area contributed by atoms with E-state index < -0.39 is 44.3 Å². The van der Waals surface area contributed by atoms with E-state index in [4.69, 9.17) is 0 Å². The van der Waals surface area contributed by atoms with Gasteiger partial charge in [0.2, 0.25) is 0 Å². The van der Waals surface area contributed by atoms with Gasteiger partial charge in [-0.1, -0.05) is 54.6 Å². The van der Waals surface area contributed by atoms with Gasteiger partial charge in [-0.05, 0) is 26.1 Å². The fourth-order valence-corrected chi connectivity index (χ4v) is 5.45. The summed E-state index contributed by atoms with van der Waals surface area (Å²) < 4.78 is 129. The zero-order valence-electron chi connectivity index (χ0n) is 16.5. The third-order valence-electron chi connectivity index (χ3n) is 4.00. The Labute approximate surface area is 187 Å². The van der Waals surface area contributed by atoms with Gasteiger partial charge < -0.3 is 14.2 Å². The van der Waals surface area contributed by atoms with Gasteiger partial charge in [-0.15, -0.1) is 39.5 Å². The van der Waals surface area contributed by atoms with Crippen LogP contribution in [-0.2, 0) is 0 Å². The predicted octanol–water partition coefficient (Wildman–Crippen LogP) is 6.14. The Bertz CT molecular complexity index is 986. The third kappa shape index (κ3) is 6.93. The Hall–Kier alpha value is -3.14. The molecule has 0 aliphatic rings. The molecule has 182 valence electrons. The van der Waals surface area contributed by atoms with Crippen molar-refractivity contribution in [2.75, 3.05) is 0 Å². The first-order valence-electron chi connectivity index (χ1n) is 9.08. The van der Waals surface area contributed by atoms with Crippen LogP contribution in [0.5, 0.6) is 17.2 Å². The van der Waals surface area contributed by atoms with Crippen molar-refractivity contribution in [1.82, 2.24) is 0 Å². The Morgan fingerprint density at radius 1 is 0.412 bits per heavy atom. The molecule has 13 heteroatoms. The van der Waals surface area contributed by atoms with E-state index in [9.17, 15) is 39.5 Å². The number of hydrogen-bond acceptors (Lipinski definition) is 3. The lowest BCUT2D eigenvalue weighted by Gasteiger charge is -2.26. The molecule has 0 saturated carbocycles. The molecule has 3 rings (SSSR count). The van der Waals surface area contributed by atoms with Crippen LogP contribution in [0.3, 0.4) is 0 Å². The molecule has 3 aromatic rings. The molecule has 0 N–H and O–H groups in total. The number of rotatable bonds is 6. The van der Waals surface area contributed by atoms with Crippen molar-refractivity contribution in [3.63, 3.8) is 0 Å². The average molecular weight is 514 g/mol. The standard InChI is InChI=1S/C21H12F9O3P/c22-19(23,24)31-13-7-1-4-10-16(13)34(17-11-5-2-8-14(17)32-20(25,26)27)18-12-6-3-9-15(18)33-21(28,29)30/h1-12H. The maximum atomic E-state index is 13.0. The van der Waals surface area contributed by atoms with Gasteiger partial charge in [0.05, 0.1) is 0 Å². The monoisotopic (exact) mass is 514 g/mol. The van der Waals surface area contributed by atoms with Crippen molar-refractivity contribution < 1.29 is 53.7 Å². The first-order chi connectivity index (χ1) is 15.7. The second-order valence-electron chi connectivity index (χ2n) is 6.38. The van der Waals surface area contributed by atoms with E-state index in [1.165, 1.54) is 36.4 Å². The van der Waals surface area contributed by atoms with Crippen molar-refractivity contribution in [3.05, 3.63) is 72.8 Å². The minimum atomic E-state index is -5.18. The Morgan fingerprint density at radius 2 is 0.647 bits per heavy atom. The van der Waals surface area contributed by atoms with E-state index in [2.05, 4.69) is 14.2 Å². The Morgan fingerprint density at radius 3 is 0.882 bits per heavy atom. The molecule has 34 heavy (non-hydrogen) atoms. The van der Waals surface area contributed by atoms with Gasteiger partial charge in [-0.3, -0.25) is 0 Å². The van der Waals surface area contributed by atoms with E-state index in [1.807, 2.05) is 0 Å². The highest BCUT2D eigenvalue weighted by Gasteiger charge is 2.38. The van der Waals surface area contributed by atoms with Crippen LogP contribution in [0.1, 0.15) is 0 Å². The summed E-state index contributed by atoms with van der Waals surface area (Å²) in [6.45, 7) is 0. The predicted molar refractivity (Wildman–Crippen MR) is 105 cm³/mol. The van der Waals surface area contributed by atoms with Gasteiger partial charge in [-0.2, -0.15) is 0 Å². The summed E-state index contributed by atoms with van der Waals surface area (Å²) in [7, 11) is -2.54. The van der Waals surface area contributed by atoms with Crippen LogP contribution in [-0.4, -0.2) is 19.1 Å². The molecule has 3 aromatic carbocycles. The van der Waals surface area contributed by atoms with Crippen LogP contribution in [0.2, 0.25) is 0 Å². The first kappa shape index (κ1) is 25.5. The Balaban J connectivity index is 2.30. The van der Waals surface area contributed by atoms with Crippen molar-refractivity contribution in [1.29, 1.82) is 0 Å². The summed E-state index contributed by atoms with van der Waals surface area (Å²) in [4.78, 5) is 0. The third-order valence-corrected chi connectivity index (χ3v) is 6.55. The van der Waals surface area contributed by atoms with Crippen molar-refractivity contribution in [3.8, 4) is 17.2 Å². The Kier molecular flexibility index (Phi) is 7.21. The second kappa shape index (κ2) is 9.61. The molecular weight excluding hydrogens is 502 g/mol. The molecule has 0 amide bonds. The van der Waals surface area contributed by atoms with E-state index in [1.54, 1.807) is 0 Å². The van der Waals surface area contributed by atoms with Gasteiger partial charge in [0.15, 0.2) is 0 Å². The van der Waals surface area contributed by atoms with E-state index in [0.717, 1.165) is 36.4 Å². The van der Waals surface area contributed by atoms with Crippen LogP contribution in [0, 0.1) is 0 Å². The smallest absolute Gasteiger partial charge is 0.405 e. The van der Waals surface area contributed by atoms with Crippen molar-refractivity contribution in [2.45, 2.75) is 19.1 Å². The van der Waals surface area contributed by atoms with E-state index >= 15 is 0 Å². The van der Waals surface area contributed by atoms with E-state index in [-0.39, 0.29) is 15.9 Å². The molecular formula is C21H12F9O3P. The molecule has 0 aliphatic carbocycles. The number of ether oxygens (including phenoxy) is 3. The highest BCUT2D eigenvalue weighted by molar-refractivity contribution is 7.80. The fourth-order valence-electron chi connectivity index (χ4n) is 2.95. The van der Waals surface area contributed by atoms with Crippen LogP contribution < -0.4 is 30.1 Å². The van der Waals surface area contributed by atoms with Crippen molar-refractivity contribution >= 4 is 23.8 Å². The van der Waals surface area contributed by atoms with Gasteiger partial charge in [-0.25, -0.2) is 0 Å². The van der Waals surface area contributed by atoms with Crippen LogP contribution in [0.25, 0.3) is 0 Å². The summed E-state index contributed by atoms with van der Waals surface area (Å²) in [5.74, 6) is -2.40. The lowest BCUT2D eigenvalue weighted by molar-refractivity contribution is -0.275. The van der Waals surface area contributed by atoms with Gasteiger partial charge in [0.25, 0.3) is 0 Å². The molecule has 0 spiro atoms. The quantitative estimate of drug-likeness (QED) is 0.292. The fraction of sp³-hybridized carbons (Fsp3) is 0.143. The largest absolute Gasteiger partial charge is 0.573 e. The highest BCUT2D eigenvalue weighted by atomic mass is 31.1. The maximum Gasteiger partial charge on any atom is 0.573 e. The van der Waals surface area contributed by atoms with Gasteiger partial charge in [0.1, 0.15) is 17.2 Å². The minimum Gasteiger partial charge on any atom is -0.405 e. The molecule has 0 saturated heterocycles. The molecule has 0 radical (unpaired) electrons. The second-order valence-corrected chi connectivity index (χ2v) is 8.50. The molecule has 0 aromatic heterocycles. The number of alkyl halides is 9. The lowest BCUT2D eigenvalue weighted by Crippen LogP contribution is -2.30. The number of benzene rings is 3. The summed E-state index contributed by atoms with van der Waals surface area (Å²) in [5, 5.41) is -0.941. The zero-order chi connectivity index (χ0) is 25.1. The summed E-state index contributed by atoms with van der Waals surface area (Å²) in [5.41, 5.74) is 0. The highest BCUT2D eigenvalue weighted by Crippen LogP contribution is 2.44. The van der Waals surface area contributed by atoms with Gasteiger partial charge >= 0.3 is 19.1 Å². The molecule has 0 aliphatic heterocycles. The SMILES string of the molecule is FC(F)(F)Oc1ccccc1P(c1ccccc1OC(F)(F)F)c1ccccc1OC(F)(F)F. The number of para-hydroxylation sites is 3. The zero-order valence-corrected chi connectivity index (χ0v) is 17.4. The lowest BCUT2D eigenvalue weighted by atomic mass is 10.3. The maximum absolute atomic E-state index is 13.0. The van der Waals surface area contributed by atoms with Crippen LogP contribution >= 0.6 is 7.92 Å². The summed E-state index contributed by atoms with van der Waals surface area (Å²) >= 11 is 0. The number of hydrogen-bond donors (Lipinski definition) is 0. The molecule has 0 unspecified atom stereocenters. The molecule has 0 fully saturated rings.